The second-order valence-corrected chi connectivity index (χ2v) is 6.30. The number of rotatable bonds is 6. The van der Waals surface area contributed by atoms with Crippen LogP contribution in [0.3, 0.4) is 0 Å². The Bertz CT molecular complexity index is 854. The zero-order valence-electron chi connectivity index (χ0n) is 15.0. The van der Waals surface area contributed by atoms with Gasteiger partial charge in [0.1, 0.15) is 0 Å². The molecule has 3 aromatic rings. The van der Waals surface area contributed by atoms with E-state index in [4.69, 9.17) is 0 Å². The average molecular weight is 371 g/mol. The van der Waals surface area contributed by atoms with Crippen LogP contribution in [0.4, 0.5) is 13.2 Å². The van der Waals surface area contributed by atoms with Crippen molar-refractivity contribution in [2.75, 3.05) is 0 Å². The third-order valence-corrected chi connectivity index (χ3v) is 4.37. The van der Waals surface area contributed by atoms with E-state index in [1.165, 1.54) is 29.0 Å². The van der Waals surface area contributed by atoms with Crippen LogP contribution in [0.1, 0.15) is 23.6 Å². The summed E-state index contributed by atoms with van der Waals surface area (Å²) in [4.78, 5) is 3.70. The third-order valence-electron chi connectivity index (χ3n) is 4.37. The quantitative estimate of drug-likeness (QED) is 0.531. The van der Waals surface area contributed by atoms with Crippen LogP contribution in [0.5, 0.6) is 5.88 Å². The lowest BCUT2D eigenvalue weighted by Crippen LogP contribution is -2.17. The minimum Gasteiger partial charge on any atom is -0.388 e. The van der Waals surface area contributed by atoms with Crippen LogP contribution in [0.15, 0.2) is 66.9 Å². The minimum atomic E-state index is -4.72. The molecule has 0 aliphatic carbocycles. The maximum absolute atomic E-state index is 12.1. The first kappa shape index (κ1) is 19.0. The molecule has 0 saturated heterocycles. The molecule has 0 fully saturated rings. The molecule has 1 aromatic heterocycles. The zero-order valence-corrected chi connectivity index (χ0v) is 15.0. The summed E-state index contributed by atoms with van der Waals surface area (Å²) in [5.74, 6) is -0.440. The van der Waals surface area contributed by atoms with Crippen molar-refractivity contribution in [1.29, 1.82) is 0 Å². The summed E-state index contributed by atoms with van der Waals surface area (Å²) in [5, 5.41) is 0. The molecule has 0 atom stereocenters. The Kier molecular flexibility index (Phi) is 5.79. The fourth-order valence-corrected chi connectivity index (χ4v) is 2.82. The Balaban J connectivity index is 1.58. The van der Waals surface area contributed by atoms with Crippen molar-refractivity contribution in [1.82, 2.24) is 4.98 Å². The minimum absolute atomic E-state index is 0.440. The number of aryl methyl sites for hydroxylation is 3. The third kappa shape index (κ3) is 5.58. The normalized spacial score (nSPS) is 11.4. The topological polar surface area (TPSA) is 22.1 Å². The van der Waals surface area contributed by atoms with Gasteiger partial charge in [-0.3, -0.25) is 0 Å². The SMILES string of the molecule is CCc1ccc(-c2ccc(CCc3ccc(OC(F)(F)F)nc3)cc2)cc1. The number of hydrogen-bond donors (Lipinski definition) is 0. The lowest BCUT2D eigenvalue weighted by molar-refractivity contribution is -0.276. The molecule has 0 saturated carbocycles. The number of alkyl halides is 3. The monoisotopic (exact) mass is 371 g/mol. The largest absolute Gasteiger partial charge is 0.574 e. The van der Waals surface area contributed by atoms with Crippen LogP contribution in [0.2, 0.25) is 0 Å². The highest BCUT2D eigenvalue weighted by atomic mass is 19.4. The highest BCUT2D eigenvalue weighted by Gasteiger charge is 2.31. The molecule has 0 aliphatic heterocycles. The summed E-state index contributed by atoms with van der Waals surface area (Å²) < 4.78 is 40.2. The lowest BCUT2D eigenvalue weighted by atomic mass is 10.00. The Morgan fingerprint density at radius 2 is 1.26 bits per heavy atom. The Labute approximate surface area is 156 Å². The smallest absolute Gasteiger partial charge is 0.388 e. The van der Waals surface area contributed by atoms with Crippen LogP contribution in [-0.2, 0) is 19.3 Å². The molecular weight excluding hydrogens is 351 g/mol. The molecule has 0 unspecified atom stereocenters. The average Bonchev–Trinajstić information content (AvgIpc) is 2.67. The van der Waals surface area contributed by atoms with Crippen molar-refractivity contribution >= 4 is 0 Å². The summed E-state index contributed by atoms with van der Waals surface area (Å²) in [6.45, 7) is 2.14. The van der Waals surface area contributed by atoms with Gasteiger partial charge in [-0.2, -0.15) is 0 Å². The standard InChI is InChI=1S/C22H20F3NO/c1-2-16-5-10-19(11-6-16)20-12-7-17(8-13-20)3-4-18-9-14-21(26-15-18)27-22(23,24)25/h5-15H,2-4H2,1H3. The molecule has 0 bridgehead atoms. The van der Waals surface area contributed by atoms with Crippen LogP contribution in [0.25, 0.3) is 11.1 Å². The van der Waals surface area contributed by atoms with Crippen molar-refractivity contribution < 1.29 is 17.9 Å². The van der Waals surface area contributed by atoms with E-state index in [-0.39, 0.29) is 0 Å². The van der Waals surface area contributed by atoms with E-state index in [0.717, 1.165) is 24.0 Å². The fourth-order valence-electron chi connectivity index (χ4n) is 2.82. The zero-order chi connectivity index (χ0) is 19.3. The molecule has 27 heavy (non-hydrogen) atoms. The van der Waals surface area contributed by atoms with E-state index < -0.39 is 12.2 Å². The van der Waals surface area contributed by atoms with Crippen molar-refractivity contribution in [3.8, 4) is 17.0 Å². The second kappa shape index (κ2) is 8.25. The van der Waals surface area contributed by atoms with Gasteiger partial charge in [0.15, 0.2) is 0 Å². The summed E-state index contributed by atoms with van der Waals surface area (Å²) in [6.07, 6.45) is -0.782. The number of aromatic nitrogens is 1. The molecule has 0 N–H and O–H groups in total. The number of benzene rings is 2. The lowest BCUT2D eigenvalue weighted by Gasteiger charge is -2.08. The van der Waals surface area contributed by atoms with Crippen LogP contribution in [-0.4, -0.2) is 11.3 Å². The van der Waals surface area contributed by atoms with E-state index in [0.29, 0.717) is 6.42 Å². The van der Waals surface area contributed by atoms with Crippen molar-refractivity contribution in [3.05, 3.63) is 83.6 Å². The van der Waals surface area contributed by atoms with Gasteiger partial charge in [-0.1, -0.05) is 61.5 Å². The van der Waals surface area contributed by atoms with Crippen LogP contribution >= 0.6 is 0 Å². The van der Waals surface area contributed by atoms with Gasteiger partial charge in [-0.05, 0) is 47.1 Å². The molecule has 1 heterocycles. The fraction of sp³-hybridized carbons (Fsp3) is 0.227. The summed E-state index contributed by atoms with van der Waals surface area (Å²) in [6, 6.07) is 19.7. The van der Waals surface area contributed by atoms with Gasteiger partial charge < -0.3 is 4.74 Å². The first-order chi connectivity index (χ1) is 12.9. The van der Waals surface area contributed by atoms with E-state index >= 15 is 0 Å². The Morgan fingerprint density at radius 3 is 1.74 bits per heavy atom. The highest BCUT2D eigenvalue weighted by molar-refractivity contribution is 5.64. The van der Waals surface area contributed by atoms with Gasteiger partial charge in [-0.25, -0.2) is 4.98 Å². The van der Waals surface area contributed by atoms with Gasteiger partial charge >= 0.3 is 6.36 Å². The summed E-state index contributed by atoms with van der Waals surface area (Å²) in [5.41, 5.74) is 5.69. The first-order valence-corrected chi connectivity index (χ1v) is 8.82. The van der Waals surface area contributed by atoms with Crippen LogP contribution < -0.4 is 4.74 Å². The highest BCUT2D eigenvalue weighted by Crippen LogP contribution is 2.22. The molecule has 2 nitrogen and oxygen atoms in total. The molecule has 0 amide bonds. The van der Waals surface area contributed by atoms with Crippen LogP contribution in [0, 0.1) is 0 Å². The maximum atomic E-state index is 12.1. The summed E-state index contributed by atoms with van der Waals surface area (Å²) in [7, 11) is 0. The number of hydrogen-bond acceptors (Lipinski definition) is 2. The molecule has 0 radical (unpaired) electrons. The first-order valence-electron chi connectivity index (χ1n) is 8.82. The van der Waals surface area contributed by atoms with Gasteiger partial charge in [0, 0.05) is 12.3 Å². The van der Waals surface area contributed by atoms with E-state index in [2.05, 4.69) is 65.2 Å². The van der Waals surface area contributed by atoms with E-state index in [9.17, 15) is 13.2 Å². The summed E-state index contributed by atoms with van der Waals surface area (Å²) >= 11 is 0. The van der Waals surface area contributed by atoms with Crippen molar-refractivity contribution in [2.45, 2.75) is 32.5 Å². The molecule has 0 aliphatic rings. The van der Waals surface area contributed by atoms with E-state index in [1.807, 2.05) is 0 Å². The Morgan fingerprint density at radius 1 is 0.741 bits per heavy atom. The van der Waals surface area contributed by atoms with E-state index in [1.54, 1.807) is 6.07 Å². The number of pyridine rings is 1. The molecule has 140 valence electrons. The molecule has 5 heteroatoms. The number of halogens is 3. The van der Waals surface area contributed by atoms with Gasteiger partial charge in [0.05, 0.1) is 0 Å². The number of nitrogens with zero attached hydrogens (tertiary/aromatic N) is 1. The molecular formula is C22H20F3NO. The Hall–Kier alpha value is -2.82. The van der Waals surface area contributed by atoms with Gasteiger partial charge in [0.2, 0.25) is 5.88 Å². The van der Waals surface area contributed by atoms with Gasteiger partial charge in [-0.15, -0.1) is 13.2 Å². The molecule has 2 aromatic carbocycles. The second-order valence-electron chi connectivity index (χ2n) is 6.30. The maximum Gasteiger partial charge on any atom is 0.574 e. The van der Waals surface area contributed by atoms with Gasteiger partial charge in [0.25, 0.3) is 0 Å². The number of ether oxygens (including phenoxy) is 1. The van der Waals surface area contributed by atoms with Crippen molar-refractivity contribution in [2.24, 2.45) is 0 Å². The molecule has 3 rings (SSSR count). The predicted octanol–water partition coefficient (Wildman–Crippen LogP) is 5.99. The van der Waals surface area contributed by atoms with Crippen molar-refractivity contribution in [3.63, 3.8) is 0 Å². The predicted molar refractivity (Wildman–Crippen MR) is 99.6 cm³/mol. The molecule has 0 spiro atoms.